The summed E-state index contributed by atoms with van der Waals surface area (Å²) in [5, 5.41) is 1.66. The van der Waals surface area contributed by atoms with Gasteiger partial charge in [0.15, 0.2) is 0 Å². The van der Waals surface area contributed by atoms with E-state index in [1.807, 2.05) is 109 Å². The summed E-state index contributed by atoms with van der Waals surface area (Å²) in [6.45, 7) is 1.82. The lowest BCUT2D eigenvalue weighted by molar-refractivity contribution is -0.275. The first-order chi connectivity index (χ1) is 28.7. The third-order valence-corrected chi connectivity index (χ3v) is 11.6. The van der Waals surface area contributed by atoms with Gasteiger partial charge in [-0.2, -0.15) is 0 Å². The average molecular weight is 808 g/mol. The molecule has 2 unspecified atom stereocenters. The van der Waals surface area contributed by atoms with Crippen molar-refractivity contribution in [2.45, 2.75) is 63.4 Å². The van der Waals surface area contributed by atoms with E-state index >= 15 is 0 Å². The average Bonchev–Trinajstić information content (AvgIpc) is 3.75. The van der Waals surface area contributed by atoms with Gasteiger partial charge in [0.25, 0.3) is 0 Å². The highest BCUT2D eigenvalue weighted by Gasteiger charge is 2.49. The first-order valence-corrected chi connectivity index (χ1v) is 20.9. The fourth-order valence-corrected chi connectivity index (χ4v) is 8.38. The van der Waals surface area contributed by atoms with E-state index in [2.05, 4.69) is 66.7 Å². The van der Waals surface area contributed by atoms with Crippen molar-refractivity contribution in [2.24, 2.45) is 0 Å². The summed E-state index contributed by atoms with van der Waals surface area (Å²) in [7, 11) is 0. The Balaban J connectivity index is 1.15. The Labute approximate surface area is 350 Å². The van der Waals surface area contributed by atoms with E-state index in [0.717, 1.165) is 48.8 Å². The van der Waals surface area contributed by atoms with Crippen LogP contribution in [0, 0.1) is 0 Å². The van der Waals surface area contributed by atoms with Crippen LogP contribution in [-0.2, 0) is 56.5 Å². The van der Waals surface area contributed by atoms with Crippen molar-refractivity contribution < 1.29 is 23.7 Å². The van der Waals surface area contributed by atoms with E-state index in [-0.39, 0.29) is 6.61 Å². The SMILES string of the molecule is Clc1ccc([C@@H]2O[C@H](COCc3ccccc3)[C@@H](OCc3ccccc3)C(OCc3ccccc3)C2OCc2ccccc2)cc1Cc1cnc(-c2ccccc2)s1. The Morgan fingerprint density at radius 1 is 0.552 bits per heavy atom. The molecule has 1 fully saturated rings. The minimum absolute atomic E-state index is 0.283. The number of aromatic nitrogens is 1. The Morgan fingerprint density at radius 3 is 1.62 bits per heavy atom. The van der Waals surface area contributed by atoms with Gasteiger partial charge in [0.05, 0.1) is 33.0 Å². The van der Waals surface area contributed by atoms with Crippen molar-refractivity contribution >= 4 is 22.9 Å². The fraction of sp³-hybridized carbons (Fsp3) is 0.220. The summed E-state index contributed by atoms with van der Waals surface area (Å²) in [5.41, 5.74) is 7.26. The van der Waals surface area contributed by atoms with E-state index in [4.69, 9.17) is 40.3 Å². The molecule has 5 atom stereocenters. The maximum Gasteiger partial charge on any atom is 0.123 e. The lowest BCUT2D eigenvalue weighted by Crippen LogP contribution is -2.58. The molecule has 1 aromatic heterocycles. The van der Waals surface area contributed by atoms with E-state index in [0.29, 0.717) is 37.9 Å². The fourth-order valence-electron chi connectivity index (χ4n) is 7.26. The molecule has 0 amide bonds. The molecule has 8 rings (SSSR count). The predicted molar refractivity (Wildman–Crippen MR) is 231 cm³/mol. The zero-order valence-electron chi connectivity index (χ0n) is 32.1. The second-order valence-corrected chi connectivity index (χ2v) is 15.9. The molecule has 294 valence electrons. The van der Waals surface area contributed by atoms with Crippen LogP contribution in [0.3, 0.4) is 0 Å². The normalized spacial score (nSPS) is 19.2. The van der Waals surface area contributed by atoms with Crippen molar-refractivity contribution in [2.75, 3.05) is 6.61 Å². The number of thiazole rings is 1. The van der Waals surface area contributed by atoms with Crippen molar-refractivity contribution in [1.82, 2.24) is 4.98 Å². The maximum atomic E-state index is 7.19. The number of halogens is 1. The van der Waals surface area contributed by atoms with Crippen LogP contribution in [0.5, 0.6) is 0 Å². The Morgan fingerprint density at radius 2 is 1.05 bits per heavy atom. The molecule has 0 N–H and O–H groups in total. The topological polar surface area (TPSA) is 59.0 Å². The third-order valence-electron chi connectivity index (χ3n) is 10.2. The molecule has 0 spiro atoms. The summed E-state index contributed by atoms with van der Waals surface area (Å²) < 4.78 is 34.5. The molecule has 0 aliphatic carbocycles. The van der Waals surface area contributed by atoms with Crippen molar-refractivity contribution in [1.29, 1.82) is 0 Å². The molecule has 0 radical (unpaired) electrons. The molecular formula is C50H46ClNO5S. The van der Waals surface area contributed by atoms with Gasteiger partial charge in [-0.1, -0.05) is 175 Å². The molecule has 58 heavy (non-hydrogen) atoms. The number of hydrogen-bond acceptors (Lipinski definition) is 7. The largest absolute Gasteiger partial charge is 0.374 e. The van der Waals surface area contributed by atoms with Crippen molar-refractivity contribution in [3.8, 4) is 10.6 Å². The van der Waals surface area contributed by atoms with Crippen molar-refractivity contribution in [3.63, 3.8) is 0 Å². The second kappa shape index (κ2) is 20.1. The first-order valence-electron chi connectivity index (χ1n) is 19.7. The number of ether oxygens (including phenoxy) is 5. The van der Waals surface area contributed by atoms with Gasteiger partial charge in [-0.15, -0.1) is 11.3 Å². The van der Waals surface area contributed by atoms with Crippen LogP contribution < -0.4 is 0 Å². The van der Waals surface area contributed by atoms with Gasteiger partial charge in [-0.05, 0) is 39.4 Å². The molecule has 1 aliphatic heterocycles. The Kier molecular flexibility index (Phi) is 13.8. The van der Waals surface area contributed by atoms with Gasteiger partial charge in [-0.25, -0.2) is 4.98 Å². The highest BCUT2D eigenvalue weighted by Crippen LogP contribution is 2.40. The summed E-state index contributed by atoms with van der Waals surface area (Å²) in [6.07, 6.45) is -0.0893. The minimum Gasteiger partial charge on any atom is -0.374 e. The van der Waals surface area contributed by atoms with Gasteiger partial charge in [0.1, 0.15) is 35.5 Å². The molecular weight excluding hydrogens is 762 g/mol. The quantitative estimate of drug-likeness (QED) is 0.0913. The maximum absolute atomic E-state index is 7.19. The number of benzene rings is 6. The predicted octanol–water partition coefficient (Wildman–Crippen LogP) is 11.5. The van der Waals surface area contributed by atoms with Crippen LogP contribution in [0.2, 0.25) is 5.02 Å². The standard InChI is InChI=1S/C50H46ClNO5S/c51-44-27-26-41(28-42(44)29-43-30-52-50(58-43)40-24-14-5-15-25-40)46-48(55-33-38-20-10-3-11-21-38)49(56-34-39-22-12-4-13-23-39)47(54-32-37-18-8-2-9-19-37)45(57-46)35-53-31-36-16-6-1-7-17-36/h1-28,30,45-49H,29,31-35H2/t45-,46+,47-,48?,49?/m1/s1. The molecule has 7 aromatic rings. The van der Waals surface area contributed by atoms with Gasteiger partial charge < -0.3 is 23.7 Å². The van der Waals surface area contributed by atoms with E-state index in [9.17, 15) is 0 Å². The van der Waals surface area contributed by atoms with Crippen LogP contribution in [0.4, 0.5) is 0 Å². The number of rotatable bonds is 17. The van der Waals surface area contributed by atoms with Gasteiger partial charge in [0, 0.05) is 28.1 Å². The Bertz CT molecular complexity index is 2280. The van der Waals surface area contributed by atoms with Crippen LogP contribution in [-0.4, -0.2) is 36.0 Å². The lowest BCUT2D eigenvalue weighted by atomic mass is 9.89. The number of hydrogen-bond donors (Lipinski definition) is 0. The lowest BCUT2D eigenvalue weighted by Gasteiger charge is -2.46. The summed E-state index contributed by atoms with van der Waals surface area (Å²) in [4.78, 5) is 5.86. The molecule has 1 saturated heterocycles. The zero-order chi connectivity index (χ0) is 39.4. The van der Waals surface area contributed by atoms with Gasteiger partial charge in [-0.3, -0.25) is 0 Å². The summed E-state index contributed by atoms with van der Waals surface area (Å²) in [6, 6.07) is 57.2. The molecule has 6 aromatic carbocycles. The number of nitrogens with zero attached hydrogens (tertiary/aromatic N) is 1. The summed E-state index contributed by atoms with van der Waals surface area (Å²) in [5.74, 6) is 0. The van der Waals surface area contributed by atoms with Crippen LogP contribution in [0.1, 0.15) is 44.4 Å². The molecule has 6 nitrogen and oxygen atoms in total. The third kappa shape index (κ3) is 10.6. The van der Waals surface area contributed by atoms with Crippen LogP contribution >= 0.6 is 22.9 Å². The molecule has 8 heteroatoms. The van der Waals surface area contributed by atoms with Crippen molar-refractivity contribution in [3.05, 3.63) is 219 Å². The van der Waals surface area contributed by atoms with Crippen LogP contribution in [0.15, 0.2) is 176 Å². The first kappa shape index (κ1) is 39.8. The van der Waals surface area contributed by atoms with Gasteiger partial charge >= 0.3 is 0 Å². The van der Waals surface area contributed by atoms with Crippen LogP contribution in [0.25, 0.3) is 10.6 Å². The van der Waals surface area contributed by atoms with E-state index in [1.54, 1.807) is 11.3 Å². The van der Waals surface area contributed by atoms with E-state index < -0.39 is 30.5 Å². The van der Waals surface area contributed by atoms with E-state index in [1.165, 1.54) is 0 Å². The molecule has 2 heterocycles. The minimum atomic E-state index is -0.558. The highest BCUT2D eigenvalue weighted by atomic mass is 35.5. The smallest absolute Gasteiger partial charge is 0.123 e. The molecule has 1 aliphatic rings. The highest BCUT2D eigenvalue weighted by molar-refractivity contribution is 7.15. The van der Waals surface area contributed by atoms with Gasteiger partial charge in [0.2, 0.25) is 0 Å². The monoisotopic (exact) mass is 807 g/mol. The molecule has 0 bridgehead atoms. The Hall–Kier alpha value is -4.96. The molecule has 0 saturated carbocycles. The summed E-state index contributed by atoms with van der Waals surface area (Å²) >= 11 is 8.63. The zero-order valence-corrected chi connectivity index (χ0v) is 33.7. The second-order valence-electron chi connectivity index (χ2n) is 14.4.